The number of ketones is 2. The molecule has 0 bridgehead atoms. The Labute approximate surface area is 144 Å². The summed E-state index contributed by atoms with van der Waals surface area (Å²) in [4.78, 5) is 30.5. The summed E-state index contributed by atoms with van der Waals surface area (Å²) in [5.41, 5.74) is 2.34. The molecule has 2 aliphatic rings. The van der Waals surface area contributed by atoms with Crippen LogP contribution >= 0.6 is 0 Å². The molecule has 1 aliphatic heterocycles. The van der Waals surface area contributed by atoms with Crippen LogP contribution in [0.4, 0.5) is 0 Å². The van der Waals surface area contributed by atoms with Crippen molar-refractivity contribution < 1.29 is 9.59 Å². The van der Waals surface area contributed by atoms with Crippen LogP contribution in [0.2, 0.25) is 0 Å². The summed E-state index contributed by atoms with van der Waals surface area (Å²) in [6.07, 6.45) is 4.24. The van der Waals surface area contributed by atoms with Crippen molar-refractivity contribution in [2.45, 2.75) is 52.6 Å². The first kappa shape index (κ1) is 16.7. The molecule has 24 heavy (non-hydrogen) atoms. The van der Waals surface area contributed by atoms with Gasteiger partial charge < -0.3 is 9.80 Å². The maximum atomic E-state index is 13.1. The zero-order chi connectivity index (χ0) is 17.3. The largest absolute Gasteiger partial charge is 0.346 e. The predicted molar refractivity (Wildman–Crippen MR) is 94.8 cm³/mol. The summed E-state index contributed by atoms with van der Waals surface area (Å²) in [7, 11) is 0. The van der Waals surface area contributed by atoms with Gasteiger partial charge in [-0.1, -0.05) is 51.0 Å². The fourth-order valence-electron chi connectivity index (χ4n) is 3.68. The molecule has 0 saturated heterocycles. The molecule has 1 aromatic carbocycles. The van der Waals surface area contributed by atoms with Crippen LogP contribution < -0.4 is 0 Å². The standard InChI is InChI=1S/C20H26N2O2/c1-4-6-12-21-14(3)22(13-7-5-2)18-17(21)19(23)15-10-8-9-11-16(15)20(18)24/h8-11,14H,4-7,12-13H2,1-3H3. The van der Waals surface area contributed by atoms with Crippen molar-refractivity contribution in [1.29, 1.82) is 0 Å². The minimum Gasteiger partial charge on any atom is -0.346 e. The average Bonchev–Trinajstić information content (AvgIpc) is 2.88. The SMILES string of the molecule is CCCCN1C2=C(C(=O)c3ccccc3C2=O)N(CCCC)C1C. The quantitative estimate of drug-likeness (QED) is 0.796. The molecule has 1 aliphatic carbocycles. The summed E-state index contributed by atoms with van der Waals surface area (Å²) in [5, 5.41) is 0. The maximum absolute atomic E-state index is 13.1. The Morgan fingerprint density at radius 3 is 1.62 bits per heavy atom. The lowest BCUT2D eigenvalue weighted by Gasteiger charge is -2.31. The molecule has 0 aromatic heterocycles. The monoisotopic (exact) mass is 326 g/mol. The molecule has 1 heterocycles. The van der Waals surface area contributed by atoms with Gasteiger partial charge in [0.05, 0.1) is 6.17 Å². The van der Waals surface area contributed by atoms with Crippen molar-refractivity contribution >= 4 is 11.6 Å². The molecule has 0 N–H and O–H groups in total. The van der Waals surface area contributed by atoms with Crippen molar-refractivity contribution in [3.8, 4) is 0 Å². The van der Waals surface area contributed by atoms with E-state index in [1.807, 2.05) is 12.1 Å². The molecule has 0 fully saturated rings. The molecule has 4 nitrogen and oxygen atoms in total. The second-order valence-electron chi connectivity index (χ2n) is 6.63. The number of nitrogens with zero attached hydrogens (tertiary/aromatic N) is 2. The zero-order valence-electron chi connectivity index (χ0n) is 14.8. The van der Waals surface area contributed by atoms with Gasteiger partial charge in [0.2, 0.25) is 11.6 Å². The highest BCUT2D eigenvalue weighted by atomic mass is 16.1. The molecule has 0 atom stereocenters. The number of Topliss-reactive ketones (excluding diaryl/α,β-unsaturated/α-hetero) is 2. The molecule has 0 amide bonds. The number of hydrogen-bond donors (Lipinski definition) is 0. The van der Waals surface area contributed by atoms with E-state index in [2.05, 4.69) is 30.6 Å². The lowest BCUT2D eigenvalue weighted by atomic mass is 9.90. The van der Waals surface area contributed by atoms with Crippen molar-refractivity contribution in [2.24, 2.45) is 0 Å². The molecule has 128 valence electrons. The van der Waals surface area contributed by atoms with Gasteiger partial charge in [-0.2, -0.15) is 0 Å². The number of allylic oxidation sites excluding steroid dienone is 2. The van der Waals surface area contributed by atoms with Crippen molar-refractivity contribution in [3.05, 3.63) is 46.8 Å². The summed E-state index contributed by atoms with van der Waals surface area (Å²) < 4.78 is 0. The van der Waals surface area contributed by atoms with Crippen LogP contribution in [0.5, 0.6) is 0 Å². The number of carbonyl (C=O) groups is 2. The van der Waals surface area contributed by atoms with E-state index in [1.165, 1.54) is 0 Å². The van der Waals surface area contributed by atoms with E-state index in [0.717, 1.165) is 38.8 Å². The van der Waals surface area contributed by atoms with Crippen molar-refractivity contribution in [3.63, 3.8) is 0 Å². The number of rotatable bonds is 6. The summed E-state index contributed by atoms with van der Waals surface area (Å²) in [6, 6.07) is 7.21. The third-order valence-electron chi connectivity index (χ3n) is 5.05. The summed E-state index contributed by atoms with van der Waals surface area (Å²) in [6.45, 7) is 8.04. The summed E-state index contributed by atoms with van der Waals surface area (Å²) >= 11 is 0. The minimum atomic E-state index is 0.00199. The smallest absolute Gasteiger partial charge is 0.212 e. The number of hydrogen-bond acceptors (Lipinski definition) is 4. The minimum absolute atomic E-state index is 0.00199. The lowest BCUT2D eigenvalue weighted by Crippen LogP contribution is -2.39. The first-order valence-electron chi connectivity index (χ1n) is 9.07. The second-order valence-corrected chi connectivity index (χ2v) is 6.63. The van der Waals surface area contributed by atoms with E-state index in [0.29, 0.717) is 22.5 Å². The van der Waals surface area contributed by atoms with E-state index in [-0.39, 0.29) is 17.7 Å². The number of fused-ring (bicyclic) bond motifs is 1. The second kappa shape index (κ2) is 6.80. The Hall–Kier alpha value is -2.10. The highest BCUT2D eigenvalue weighted by molar-refractivity contribution is 6.26. The van der Waals surface area contributed by atoms with E-state index in [4.69, 9.17) is 0 Å². The highest BCUT2D eigenvalue weighted by Gasteiger charge is 2.45. The average molecular weight is 326 g/mol. The zero-order valence-corrected chi connectivity index (χ0v) is 14.8. The number of unbranched alkanes of at least 4 members (excludes halogenated alkanes) is 2. The topological polar surface area (TPSA) is 40.6 Å². The maximum Gasteiger partial charge on any atom is 0.212 e. The van der Waals surface area contributed by atoms with Crippen LogP contribution in [0.15, 0.2) is 35.7 Å². The van der Waals surface area contributed by atoms with Crippen molar-refractivity contribution in [2.75, 3.05) is 13.1 Å². The van der Waals surface area contributed by atoms with Crippen LogP contribution in [0.1, 0.15) is 67.2 Å². The Kier molecular flexibility index (Phi) is 4.74. The molecule has 4 heteroatoms. The molecule has 0 spiro atoms. The Balaban J connectivity index is 2.06. The van der Waals surface area contributed by atoms with Gasteiger partial charge in [0.1, 0.15) is 11.4 Å². The molecular weight excluding hydrogens is 300 g/mol. The van der Waals surface area contributed by atoms with Crippen molar-refractivity contribution in [1.82, 2.24) is 9.80 Å². The van der Waals surface area contributed by atoms with Gasteiger partial charge in [-0.05, 0) is 19.8 Å². The molecule has 0 saturated carbocycles. The van der Waals surface area contributed by atoms with Gasteiger partial charge in [0, 0.05) is 24.2 Å². The fraction of sp³-hybridized carbons (Fsp3) is 0.500. The Morgan fingerprint density at radius 2 is 1.25 bits per heavy atom. The lowest BCUT2D eigenvalue weighted by molar-refractivity contribution is 0.0950. The van der Waals surface area contributed by atoms with Gasteiger partial charge >= 0.3 is 0 Å². The Bertz CT molecular complexity index is 636. The molecule has 0 unspecified atom stereocenters. The van der Waals surface area contributed by atoms with Crippen LogP contribution in [-0.2, 0) is 0 Å². The van der Waals surface area contributed by atoms with Crippen LogP contribution in [0, 0.1) is 0 Å². The van der Waals surface area contributed by atoms with E-state index >= 15 is 0 Å². The molecular formula is C20H26N2O2. The van der Waals surface area contributed by atoms with Gasteiger partial charge in [0.15, 0.2) is 0 Å². The van der Waals surface area contributed by atoms with E-state index < -0.39 is 0 Å². The fourth-order valence-corrected chi connectivity index (χ4v) is 3.68. The Morgan fingerprint density at radius 1 is 0.833 bits per heavy atom. The highest BCUT2D eigenvalue weighted by Crippen LogP contribution is 2.38. The third kappa shape index (κ3) is 2.54. The first-order chi connectivity index (χ1) is 11.6. The van der Waals surface area contributed by atoms with Gasteiger partial charge in [-0.15, -0.1) is 0 Å². The van der Waals surface area contributed by atoms with Crippen LogP contribution in [-0.4, -0.2) is 40.6 Å². The molecule has 1 aromatic rings. The number of carbonyl (C=O) groups excluding carboxylic acids is 2. The van der Waals surface area contributed by atoms with E-state index in [9.17, 15) is 9.59 Å². The normalized spacial score (nSPS) is 17.6. The van der Waals surface area contributed by atoms with Gasteiger partial charge in [0.25, 0.3) is 0 Å². The van der Waals surface area contributed by atoms with Gasteiger partial charge in [-0.25, -0.2) is 0 Å². The summed E-state index contributed by atoms with van der Waals surface area (Å²) in [5.74, 6) is 0.00398. The molecule has 3 rings (SSSR count). The number of benzene rings is 1. The molecule has 0 radical (unpaired) electrons. The third-order valence-corrected chi connectivity index (χ3v) is 5.05. The van der Waals surface area contributed by atoms with E-state index in [1.54, 1.807) is 12.1 Å². The van der Waals surface area contributed by atoms with Crippen LogP contribution in [0.25, 0.3) is 0 Å². The predicted octanol–water partition coefficient (Wildman–Crippen LogP) is 3.84. The first-order valence-corrected chi connectivity index (χ1v) is 9.07. The van der Waals surface area contributed by atoms with Crippen LogP contribution in [0.3, 0.4) is 0 Å². The van der Waals surface area contributed by atoms with Gasteiger partial charge in [-0.3, -0.25) is 9.59 Å².